The standard InChI is InChI=1S/C15H29N/c1-4-13-11-16(15-6-5-7-15)9-8-14(13)10-12(2)3/h12-15H,4-11H2,1-3H3. The molecule has 0 spiro atoms. The first-order valence-electron chi connectivity index (χ1n) is 7.44. The lowest BCUT2D eigenvalue weighted by Gasteiger charge is -2.45. The Labute approximate surface area is 102 Å². The topological polar surface area (TPSA) is 3.24 Å². The smallest absolute Gasteiger partial charge is 0.00953 e. The highest BCUT2D eigenvalue weighted by Crippen LogP contribution is 2.35. The van der Waals surface area contributed by atoms with Gasteiger partial charge >= 0.3 is 0 Å². The average Bonchev–Trinajstić information content (AvgIpc) is 2.16. The van der Waals surface area contributed by atoms with Crippen LogP contribution >= 0.6 is 0 Å². The van der Waals surface area contributed by atoms with E-state index >= 15 is 0 Å². The van der Waals surface area contributed by atoms with Crippen molar-refractivity contribution in [1.29, 1.82) is 0 Å². The second kappa shape index (κ2) is 5.53. The minimum Gasteiger partial charge on any atom is -0.300 e. The molecule has 0 amide bonds. The first-order chi connectivity index (χ1) is 7.70. The lowest BCUT2D eigenvalue weighted by atomic mass is 9.77. The van der Waals surface area contributed by atoms with Gasteiger partial charge in [0.25, 0.3) is 0 Å². The number of hydrogen-bond donors (Lipinski definition) is 0. The monoisotopic (exact) mass is 223 g/mol. The largest absolute Gasteiger partial charge is 0.300 e. The maximum atomic E-state index is 2.80. The van der Waals surface area contributed by atoms with Crippen molar-refractivity contribution in [3.8, 4) is 0 Å². The molecule has 1 saturated carbocycles. The van der Waals surface area contributed by atoms with Gasteiger partial charge in [-0.15, -0.1) is 0 Å². The Morgan fingerprint density at radius 3 is 2.38 bits per heavy atom. The Balaban J connectivity index is 1.85. The Kier molecular flexibility index (Phi) is 4.29. The van der Waals surface area contributed by atoms with Gasteiger partial charge in [0.1, 0.15) is 0 Å². The van der Waals surface area contributed by atoms with Gasteiger partial charge < -0.3 is 4.90 Å². The molecule has 16 heavy (non-hydrogen) atoms. The minimum atomic E-state index is 0.884. The van der Waals surface area contributed by atoms with Crippen LogP contribution in [0.3, 0.4) is 0 Å². The van der Waals surface area contributed by atoms with E-state index in [1.165, 1.54) is 51.6 Å². The molecule has 1 heteroatoms. The molecule has 2 atom stereocenters. The Hall–Kier alpha value is -0.0400. The summed E-state index contributed by atoms with van der Waals surface area (Å²) in [5.41, 5.74) is 0. The highest BCUT2D eigenvalue weighted by atomic mass is 15.2. The van der Waals surface area contributed by atoms with Crippen LogP contribution in [-0.2, 0) is 0 Å². The van der Waals surface area contributed by atoms with E-state index in [2.05, 4.69) is 25.7 Å². The third-order valence-electron chi connectivity index (χ3n) is 4.81. The lowest BCUT2D eigenvalue weighted by molar-refractivity contribution is 0.0394. The fraction of sp³-hybridized carbons (Fsp3) is 1.00. The summed E-state index contributed by atoms with van der Waals surface area (Å²) in [5.74, 6) is 2.88. The number of likely N-dealkylation sites (tertiary alicyclic amines) is 1. The maximum Gasteiger partial charge on any atom is 0.00953 e. The Bertz CT molecular complexity index is 207. The van der Waals surface area contributed by atoms with E-state index in [4.69, 9.17) is 0 Å². The zero-order valence-corrected chi connectivity index (χ0v) is 11.4. The fourth-order valence-electron chi connectivity index (χ4n) is 3.57. The number of nitrogens with zero attached hydrogens (tertiary/aromatic N) is 1. The van der Waals surface area contributed by atoms with Gasteiger partial charge in [0.05, 0.1) is 0 Å². The highest BCUT2D eigenvalue weighted by molar-refractivity contribution is 4.87. The molecule has 0 aromatic heterocycles. The number of hydrogen-bond acceptors (Lipinski definition) is 1. The van der Waals surface area contributed by atoms with E-state index < -0.39 is 0 Å². The molecular formula is C15H29N. The van der Waals surface area contributed by atoms with Crippen LogP contribution in [0.25, 0.3) is 0 Å². The molecule has 2 rings (SSSR count). The van der Waals surface area contributed by atoms with Gasteiger partial charge in [0, 0.05) is 12.6 Å². The van der Waals surface area contributed by atoms with E-state index in [9.17, 15) is 0 Å². The zero-order valence-electron chi connectivity index (χ0n) is 11.4. The molecule has 1 saturated heterocycles. The van der Waals surface area contributed by atoms with Crippen LogP contribution in [0, 0.1) is 17.8 Å². The summed E-state index contributed by atoms with van der Waals surface area (Å²) in [4.78, 5) is 2.80. The number of rotatable bonds is 4. The third-order valence-corrected chi connectivity index (χ3v) is 4.81. The van der Waals surface area contributed by atoms with Crippen molar-refractivity contribution < 1.29 is 0 Å². The van der Waals surface area contributed by atoms with E-state index in [1.54, 1.807) is 0 Å². The SMILES string of the molecule is CCC1CN(C2CCC2)CCC1CC(C)C. The van der Waals surface area contributed by atoms with Crippen molar-refractivity contribution >= 4 is 0 Å². The first kappa shape index (κ1) is 12.4. The fourth-order valence-corrected chi connectivity index (χ4v) is 3.57. The Morgan fingerprint density at radius 2 is 1.88 bits per heavy atom. The second-order valence-corrected chi connectivity index (χ2v) is 6.43. The van der Waals surface area contributed by atoms with Crippen LogP contribution in [0.15, 0.2) is 0 Å². The highest BCUT2D eigenvalue weighted by Gasteiger charge is 2.33. The molecule has 0 radical (unpaired) electrons. The molecule has 0 bridgehead atoms. The van der Waals surface area contributed by atoms with Crippen molar-refractivity contribution in [3.63, 3.8) is 0 Å². The predicted octanol–water partition coefficient (Wildman–Crippen LogP) is 3.93. The Morgan fingerprint density at radius 1 is 1.12 bits per heavy atom. The van der Waals surface area contributed by atoms with Crippen LogP contribution in [0.4, 0.5) is 0 Å². The maximum absolute atomic E-state index is 2.80. The summed E-state index contributed by atoms with van der Waals surface area (Å²) in [6.45, 7) is 9.94. The van der Waals surface area contributed by atoms with Gasteiger partial charge in [-0.05, 0) is 50.0 Å². The van der Waals surface area contributed by atoms with Crippen LogP contribution in [0.2, 0.25) is 0 Å². The van der Waals surface area contributed by atoms with Crippen LogP contribution < -0.4 is 0 Å². The van der Waals surface area contributed by atoms with Crippen molar-refractivity contribution in [2.24, 2.45) is 17.8 Å². The number of piperidine rings is 1. The molecular weight excluding hydrogens is 194 g/mol. The first-order valence-corrected chi connectivity index (χ1v) is 7.44. The van der Waals surface area contributed by atoms with Crippen molar-refractivity contribution in [2.75, 3.05) is 13.1 Å². The van der Waals surface area contributed by atoms with Gasteiger partial charge in [-0.1, -0.05) is 33.6 Å². The van der Waals surface area contributed by atoms with Crippen molar-refractivity contribution in [2.45, 2.75) is 65.3 Å². The average molecular weight is 223 g/mol. The lowest BCUT2D eigenvalue weighted by Crippen LogP contribution is -2.48. The predicted molar refractivity (Wildman–Crippen MR) is 70.6 cm³/mol. The van der Waals surface area contributed by atoms with E-state index in [0.29, 0.717) is 0 Å². The molecule has 0 N–H and O–H groups in total. The van der Waals surface area contributed by atoms with Crippen molar-refractivity contribution in [3.05, 3.63) is 0 Å². The van der Waals surface area contributed by atoms with E-state index in [1.807, 2.05) is 0 Å². The van der Waals surface area contributed by atoms with Crippen LogP contribution in [0.1, 0.15) is 59.3 Å². The van der Waals surface area contributed by atoms with Crippen molar-refractivity contribution in [1.82, 2.24) is 4.90 Å². The normalized spacial score (nSPS) is 33.0. The molecule has 1 aliphatic carbocycles. The van der Waals surface area contributed by atoms with E-state index in [0.717, 1.165) is 23.8 Å². The molecule has 0 aromatic rings. The summed E-state index contributed by atoms with van der Waals surface area (Å²) in [5, 5.41) is 0. The summed E-state index contributed by atoms with van der Waals surface area (Å²) < 4.78 is 0. The molecule has 1 heterocycles. The van der Waals surface area contributed by atoms with E-state index in [-0.39, 0.29) is 0 Å². The molecule has 2 fully saturated rings. The van der Waals surface area contributed by atoms with Gasteiger partial charge in [0.15, 0.2) is 0 Å². The second-order valence-electron chi connectivity index (χ2n) is 6.43. The van der Waals surface area contributed by atoms with Crippen LogP contribution in [0.5, 0.6) is 0 Å². The summed E-state index contributed by atoms with van der Waals surface area (Å²) >= 11 is 0. The molecule has 1 aliphatic heterocycles. The molecule has 2 unspecified atom stereocenters. The van der Waals surface area contributed by atoms with Gasteiger partial charge in [-0.2, -0.15) is 0 Å². The van der Waals surface area contributed by atoms with Gasteiger partial charge in [-0.25, -0.2) is 0 Å². The quantitative estimate of drug-likeness (QED) is 0.698. The molecule has 0 aromatic carbocycles. The third kappa shape index (κ3) is 2.80. The molecule has 1 nitrogen and oxygen atoms in total. The summed E-state index contributed by atoms with van der Waals surface area (Å²) in [7, 11) is 0. The molecule has 2 aliphatic rings. The van der Waals surface area contributed by atoms with Gasteiger partial charge in [-0.3, -0.25) is 0 Å². The summed E-state index contributed by atoms with van der Waals surface area (Å²) in [6, 6.07) is 0.967. The zero-order chi connectivity index (χ0) is 11.5. The van der Waals surface area contributed by atoms with Crippen LogP contribution in [-0.4, -0.2) is 24.0 Å². The minimum absolute atomic E-state index is 0.884. The van der Waals surface area contributed by atoms with Gasteiger partial charge in [0.2, 0.25) is 0 Å². The summed E-state index contributed by atoms with van der Waals surface area (Å²) in [6.07, 6.45) is 8.74. The molecule has 94 valence electrons.